The molecule has 0 atom stereocenters. The maximum atomic E-state index is 13.1. The molecule has 0 aliphatic carbocycles. The van der Waals surface area contributed by atoms with Gasteiger partial charge < -0.3 is 11.1 Å². The van der Waals surface area contributed by atoms with Crippen molar-refractivity contribution >= 4 is 52.1 Å². The standard InChI is InChI=1S/C14H10ClFN4.ClH/c15-11-6-9(2-3-12(11)16)20-14-10-5-8(17)1-4-13(10)18-7-19-14;/h1-7H,17H2,(H,18,19,20);1H. The molecule has 7 heteroatoms. The van der Waals surface area contributed by atoms with Gasteiger partial charge in [-0.1, -0.05) is 11.6 Å². The Labute approximate surface area is 131 Å². The zero-order valence-corrected chi connectivity index (χ0v) is 12.2. The van der Waals surface area contributed by atoms with Crippen molar-refractivity contribution in [3.05, 3.63) is 53.6 Å². The molecule has 3 aromatic rings. The fraction of sp³-hybridized carbons (Fsp3) is 0. The molecule has 4 nitrogen and oxygen atoms in total. The van der Waals surface area contributed by atoms with Gasteiger partial charge in [-0.2, -0.15) is 0 Å². The van der Waals surface area contributed by atoms with Crippen LogP contribution in [-0.4, -0.2) is 9.97 Å². The molecule has 0 aliphatic rings. The van der Waals surface area contributed by atoms with Crippen molar-refractivity contribution < 1.29 is 4.39 Å². The van der Waals surface area contributed by atoms with E-state index in [9.17, 15) is 4.39 Å². The van der Waals surface area contributed by atoms with Gasteiger partial charge in [-0.15, -0.1) is 12.4 Å². The van der Waals surface area contributed by atoms with Crippen LogP contribution in [0.5, 0.6) is 0 Å². The molecule has 1 heterocycles. The normalized spacial score (nSPS) is 10.2. The Morgan fingerprint density at radius 3 is 2.67 bits per heavy atom. The molecular formula is C14H11Cl2FN4. The zero-order chi connectivity index (χ0) is 14.1. The molecule has 2 aromatic carbocycles. The summed E-state index contributed by atoms with van der Waals surface area (Å²) in [7, 11) is 0. The van der Waals surface area contributed by atoms with Gasteiger partial charge in [-0.25, -0.2) is 14.4 Å². The van der Waals surface area contributed by atoms with Gasteiger partial charge >= 0.3 is 0 Å². The Bertz CT molecular complexity index is 795. The maximum absolute atomic E-state index is 13.1. The third-order valence-corrected chi connectivity index (χ3v) is 3.13. The number of halogens is 3. The summed E-state index contributed by atoms with van der Waals surface area (Å²) in [6, 6.07) is 9.74. The molecule has 0 aliphatic heterocycles. The molecule has 0 spiro atoms. The van der Waals surface area contributed by atoms with Crippen molar-refractivity contribution in [2.24, 2.45) is 0 Å². The van der Waals surface area contributed by atoms with E-state index in [1.807, 2.05) is 6.07 Å². The highest BCUT2D eigenvalue weighted by Gasteiger charge is 2.06. The van der Waals surface area contributed by atoms with Gasteiger partial charge in [0, 0.05) is 16.8 Å². The number of fused-ring (bicyclic) bond motifs is 1. The third-order valence-electron chi connectivity index (χ3n) is 2.84. The first kappa shape index (κ1) is 15.3. The fourth-order valence-electron chi connectivity index (χ4n) is 1.88. The van der Waals surface area contributed by atoms with Crippen LogP contribution in [0.4, 0.5) is 21.6 Å². The summed E-state index contributed by atoms with van der Waals surface area (Å²) >= 11 is 5.76. The lowest BCUT2D eigenvalue weighted by Gasteiger charge is -2.09. The van der Waals surface area contributed by atoms with Gasteiger partial charge in [0.25, 0.3) is 0 Å². The van der Waals surface area contributed by atoms with E-state index in [2.05, 4.69) is 15.3 Å². The van der Waals surface area contributed by atoms with Crippen molar-refractivity contribution in [2.45, 2.75) is 0 Å². The highest BCUT2D eigenvalue weighted by atomic mass is 35.5. The van der Waals surface area contributed by atoms with E-state index in [4.69, 9.17) is 17.3 Å². The second kappa shape index (κ2) is 6.11. The van der Waals surface area contributed by atoms with Gasteiger partial charge in [0.2, 0.25) is 0 Å². The average molecular weight is 325 g/mol. The highest BCUT2D eigenvalue weighted by molar-refractivity contribution is 6.31. The quantitative estimate of drug-likeness (QED) is 0.694. The Morgan fingerprint density at radius 2 is 1.90 bits per heavy atom. The predicted octanol–water partition coefficient (Wildman–Crippen LogP) is 4.17. The first-order valence-electron chi connectivity index (χ1n) is 5.86. The van der Waals surface area contributed by atoms with Crippen molar-refractivity contribution in [1.82, 2.24) is 9.97 Å². The summed E-state index contributed by atoms with van der Waals surface area (Å²) < 4.78 is 13.1. The summed E-state index contributed by atoms with van der Waals surface area (Å²) in [5.41, 5.74) is 7.80. The minimum atomic E-state index is -0.464. The van der Waals surface area contributed by atoms with E-state index in [0.717, 1.165) is 10.9 Å². The van der Waals surface area contributed by atoms with E-state index in [1.165, 1.54) is 18.5 Å². The van der Waals surface area contributed by atoms with Crippen molar-refractivity contribution in [1.29, 1.82) is 0 Å². The number of hydrogen-bond acceptors (Lipinski definition) is 4. The number of nitrogens with one attached hydrogen (secondary N) is 1. The lowest BCUT2D eigenvalue weighted by molar-refractivity contribution is 0.628. The van der Waals surface area contributed by atoms with Crippen LogP contribution in [0.15, 0.2) is 42.7 Å². The maximum Gasteiger partial charge on any atom is 0.141 e. The minimum Gasteiger partial charge on any atom is -0.399 e. The Morgan fingerprint density at radius 1 is 1.10 bits per heavy atom. The Balaban J connectivity index is 0.00000161. The second-order valence-corrected chi connectivity index (χ2v) is 4.66. The molecule has 0 unspecified atom stereocenters. The van der Waals surface area contributed by atoms with Crippen LogP contribution in [0.25, 0.3) is 10.9 Å². The molecule has 0 fully saturated rings. The van der Waals surface area contributed by atoms with Crippen molar-refractivity contribution in [3.63, 3.8) is 0 Å². The van der Waals surface area contributed by atoms with E-state index in [0.29, 0.717) is 17.2 Å². The number of anilines is 3. The number of aromatic nitrogens is 2. The smallest absolute Gasteiger partial charge is 0.141 e. The molecule has 1 aromatic heterocycles. The van der Waals surface area contributed by atoms with Gasteiger partial charge in [0.1, 0.15) is 18.0 Å². The van der Waals surface area contributed by atoms with E-state index in [1.54, 1.807) is 18.2 Å². The van der Waals surface area contributed by atoms with Crippen LogP contribution in [0.2, 0.25) is 5.02 Å². The van der Waals surface area contributed by atoms with Gasteiger partial charge in [-0.3, -0.25) is 0 Å². The fourth-order valence-corrected chi connectivity index (χ4v) is 2.07. The van der Waals surface area contributed by atoms with Crippen molar-refractivity contribution in [2.75, 3.05) is 11.1 Å². The zero-order valence-electron chi connectivity index (χ0n) is 10.7. The number of rotatable bonds is 2. The van der Waals surface area contributed by atoms with Gasteiger partial charge in [0.05, 0.1) is 10.5 Å². The molecule has 0 saturated carbocycles. The second-order valence-electron chi connectivity index (χ2n) is 4.25. The van der Waals surface area contributed by atoms with Gasteiger partial charge in [0.15, 0.2) is 0 Å². The molecule has 21 heavy (non-hydrogen) atoms. The Hall–Kier alpha value is -2.11. The highest BCUT2D eigenvalue weighted by Crippen LogP contribution is 2.26. The van der Waals surface area contributed by atoms with Crippen LogP contribution < -0.4 is 11.1 Å². The summed E-state index contributed by atoms with van der Waals surface area (Å²) in [6.45, 7) is 0. The average Bonchev–Trinajstić information content (AvgIpc) is 2.44. The van der Waals surface area contributed by atoms with E-state index < -0.39 is 5.82 Å². The number of nitrogens with two attached hydrogens (primary N) is 1. The molecule has 0 bridgehead atoms. The van der Waals surface area contributed by atoms with Crippen LogP contribution in [0.1, 0.15) is 0 Å². The molecule has 108 valence electrons. The largest absolute Gasteiger partial charge is 0.399 e. The van der Waals surface area contributed by atoms with Crippen LogP contribution in [-0.2, 0) is 0 Å². The number of nitrogen functional groups attached to an aromatic ring is 1. The lowest BCUT2D eigenvalue weighted by Crippen LogP contribution is -1.97. The van der Waals surface area contributed by atoms with Crippen LogP contribution >= 0.6 is 24.0 Å². The molecule has 3 N–H and O–H groups in total. The lowest BCUT2D eigenvalue weighted by atomic mass is 10.2. The molecule has 0 amide bonds. The molecular weight excluding hydrogens is 314 g/mol. The SMILES string of the molecule is Cl.Nc1ccc2ncnc(Nc3ccc(F)c(Cl)c3)c2c1. The Kier molecular flexibility index (Phi) is 4.45. The third kappa shape index (κ3) is 3.15. The van der Waals surface area contributed by atoms with Crippen molar-refractivity contribution in [3.8, 4) is 0 Å². The van der Waals surface area contributed by atoms with Gasteiger partial charge in [-0.05, 0) is 36.4 Å². The topological polar surface area (TPSA) is 63.8 Å². The first-order chi connectivity index (χ1) is 9.63. The summed E-state index contributed by atoms with van der Waals surface area (Å²) in [4.78, 5) is 8.34. The van der Waals surface area contributed by atoms with Crippen LogP contribution in [0.3, 0.4) is 0 Å². The first-order valence-corrected chi connectivity index (χ1v) is 6.23. The van der Waals surface area contributed by atoms with E-state index >= 15 is 0 Å². The van der Waals surface area contributed by atoms with E-state index in [-0.39, 0.29) is 17.4 Å². The predicted molar refractivity (Wildman–Crippen MR) is 85.9 cm³/mol. The monoisotopic (exact) mass is 324 g/mol. The van der Waals surface area contributed by atoms with Crippen LogP contribution in [0, 0.1) is 5.82 Å². The number of nitrogens with zero attached hydrogens (tertiary/aromatic N) is 2. The minimum absolute atomic E-state index is 0. The summed E-state index contributed by atoms with van der Waals surface area (Å²) in [5, 5.41) is 3.92. The summed E-state index contributed by atoms with van der Waals surface area (Å²) in [6.07, 6.45) is 1.45. The molecule has 3 rings (SSSR count). The number of benzene rings is 2. The molecule has 0 saturated heterocycles. The molecule has 0 radical (unpaired) electrons. The summed E-state index contributed by atoms with van der Waals surface area (Å²) in [5.74, 6) is 0.124. The number of hydrogen-bond donors (Lipinski definition) is 2.